The summed E-state index contributed by atoms with van der Waals surface area (Å²) in [5.74, 6) is -12.2. The predicted molar refractivity (Wildman–Crippen MR) is 136 cm³/mol. The number of hydrogen-bond acceptors (Lipinski definition) is 6. The Labute approximate surface area is 233 Å². The highest BCUT2D eigenvalue weighted by Crippen LogP contribution is 2.32. The number of amides is 2. The molecule has 0 spiro atoms. The van der Waals surface area contributed by atoms with E-state index in [4.69, 9.17) is 9.84 Å². The van der Waals surface area contributed by atoms with Crippen molar-refractivity contribution in [2.24, 2.45) is 5.92 Å². The maximum Gasteiger partial charge on any atom is 0.415 e. The van der Waals surface area contributed by atoms with E-state index < -0.39 is 77.8 Å². The average Bonchev–Trinajstić information content (AvgIpc) is 2.91. The smallest absolute Gasteiger partial charge is 0.415 e. The minimum Gasteiger partial charge on any atom is -0.481 e. The summed E-state index contributed by atoms with van der Waals surface area (Å²) in [5.41, 5.74) is 0.570. The minimum absolute atomic E-state index is 0.0391. The number of nitrogens with one attached hydrogen (secondary N) is 1. The molecule has 1 fully saturated rings. The fraction of sp³-hybridized carbons (Fsp3) is 0.429. The zero-order chi connectivity index (χ0) is 30.5. The lowest BCUT2D eigenvalue weighted by molar-refractivity contribution is -0.141. The van der Waals surface area contributed by atoms with E-state index in [0.717, 1.165) is 5.56 Å². The highest BCUT2D eigenvalue weighted by Gasteiger charge is 2.33. The van der Waals surface area contributed by atoms with Crippen LogP contribution in [0.1, 0.15) is 45.6 Å². The topological polar surface area (TPSA) is 122 Å². The summed E-state index contributed by atoms with van der Waals surface area (Å²) in [6.45, 7) is 5.08. The monoisotopic (exact) mass is 582 g/mol. The third kappa shape index (κ3) is 7.95. The van der Waals surface area contributed by atoms with Crippen molar-refractivity contribution in [3.8, 4) is 11.5 Å². The van der Waals surface area contributed by atoms with Crippen molar-refractivity contribution in [1.29, 1.82) is 0 Å². The third-order valence-electron chi connectivity index (χ3n) is 6.53. The molecular weight excluding hydrogens is 552 g/mol. The van der Waals surface area contributed by atoms with Crippen LogP contribution in [0.5, 0.6) is 11.5 Å². The number of rotatable bonds is 9. The van der Waals surface area contributed by atoms with E-state index in [0.29, 0.717) is 5.75 Å². The maximum absolute atomic E-state index is 13.8. The molecule has 2 aromatic carbocycles. The van der Waals surface area contributed by atoms with Crippen LogP contribution < -0.4 is 14.8 Å². The van der Waals surface area contributed by atoms with Crippen LogP contribution in [-0.4, -0.2) is 59.5 Å². The highest BCUT2D eigenvalue weighted by atomic mass is 19.2. The second-order valence-corrected chi connectivity index (χ2v) is 10.6. The first kappa shape index (κ1) is 31.4. The number of nitrogens with zero attached hydrogens (tertiary/aromatic N) is 1. The molecule has 0 saturated carbocycles. The molecule has 0 bridgehead atoms. The quantitative estimate of drug-likeness (QED) is 0.333. The van der Waals surface area contributed by atoms with Gasteiger partial charge in [-0.1, -0.05) is 39.0 Å². The molecule has 2 amide bonds. The Bertz CT molecular complexity index is 1290. The molecule has 1 aliphatic rings. The van der Waals surface area contributed by atoms with Crippen LogP contribution in [0.4, 0.5) is 22.4 Å². The van der Waals surface area contributed by atoms with Crippen LogP contribution in [-0.2, 0) is 19.8 Å². The number of benzene rings is 2. The number of para-hydroxylation sites is 1. The lowest BCUT2D eigenvalue weighted by Crippen LogP contribution is -2.49. The molecular formula is C28H30F4N2O7. The second-order valence-electron chi connectivity index (χ2n) is 10.6. The van der Waals surface area contributed by atoms with Crippen LogP contribution in [0.15, 0.2) is 30.3 Å². The van der Waals surface area contributed by atoms with Crippen molar-refractivity contribution < 1.29 is 51.3 Å². The van der Waals surface area contributed by atoms with Crippen molar-refractivity contribution in [2.45, 2.75) is 51.5 Å². The van der Waals surface area contributed by atoms with E-state index in [1.54, 1.807) is 12.1 Å². The van der Waals surface area contributed by atoms with Crippen molar-refractivity contribution in [2.75, 3.05) is 19.7 Å². The Balaban J connectivity index is 1.58. The molecule has 0 aliphatic carbocycles. The van der Waals surface area contributed by atoms with Gasteiger partial charge in [0.05, 0.1) is 6.42 Å². The lowest BCUT2D eigenvalue weighted by atomic mass is 9.86. The van der Waals surface area contributed by atoms with Gasteiger partial charge >= 0.3 is 12.1 Å². The summed E-state index contributed by atoms with van der Waals surface area (Å²) in [5, 5.41) is 11.5. The molecule has 1 atom stereocenters. The van der Waals surface area contributed by atoms with Crippen molar-refractivity contribution >= 4 is 23.8 Å². The molecule has 2 N–H and O–H groups in total. The first-order chi connectivity index (χ1) is 19.2. The zero-order valence-electron chi connectivity index (χ0n) is 22.6. The number of piperidine rings is 1. The number of ketones is 1. The number of ether oxygens (including phenoxy) is 2. The lowest BCUT2D eigenvalue weighted by Gasteiger charge is -2.32. The van der Waals surface area contributed by atoms with Crippen molar-refractivity contribution in [3.05, 3.63) is 59.2 Å². The van der Waals surface area contributed by atoms with E-state index in [9.17, 15) is 36.7 Å². The third-order valence-corrected chi connectivity index (χ3v) is 6.53. The normalized spacial score (nSPS) is 14.8. The summed E-state index contributed by atoms with van der Waals surface area (Å²) in [7, 11) is 0. The van der Waals surface area contributed by atoms with E-state index in [1.165, 1.54) is 4.90 Å². The zero-order valence-corrected chi connectivity index (χ0v) is 22.6. The van der Waals surface area contributed by atoms with Crippen LogP contribution in [0.3, 0.4) is 0 Å². The average molecular weight is 583 g/mol. The Morgan fingerprint density at radius 2 is 1.61 bits per heavy atom. The highest BCUT2D eigenvalue weighted by molar-refractivity contribution is 5.93. The molecule has 0 aromatic heterocycles. The summed E-state index contributed by atoms with van der Waals surface area (Å²) in [4.78, 5) is 50.9. The number of carbonyl (C=O) groups excluding carboxylic acids is 3. The molecule has 9 nitrogen and oxygen atoms in total. The number of aliphatic carboxylic acids is 1. The van der Waals surface area contributed by atoms with Gasteiger partial charge in [0.1, 0.15) is 18.4 Å². The number of carboxylic acids is 1. The van der Waals surface area contributed by atoms with Gasteiger partial charge in [0, 0.05) is 30.6 Å². The van der Waals surface area contributed by atoms with Crippen LogP contribution in [0, 0.1) is 29.2 Å². The SMILES string of the molecule is CC(C)(C)c1ccccc1OC(=O)N1CCC(C(=O)N[C@@H](CC(=O)O)C(=O)COc2c(F)c(F)cc(F)c2F)CC1. The Hall–Kier alpha value is -4.16. The molecule has 13 heteroatoms. The van der Waals surface area contributed by atoms with E-state index in [-0.39, 0.29) is 37.4 Å². The standard InChI is InChI=1S/C28H30F4N2O7/c1-28(2,3)16-6-4-5-7-21(16)41-27(39)34-10-8-15(9-11-34)26(38)33-19(13-22(36)37)20(35)14-40-25-23(31)17(29)12-18(30)24(25)32/h4-7,12,15,19H,8-11,13-14H2,1-3H3,(H,33,38)(H,36,37)/t19-/m0/s1. The molecule has 1 heterocycles. The summed E-state index contributed by atoms with van der Waals surface area (Å²) in [6, 6.07) is 5.45. The number of Topliss-reactive ketones (excluding diaryl/α,β-unsaturated/α-hetero) is 1. The Morgan fingerprint density at radius 1 is 1.02 bits per heavy atom. The molecule has 0 radical (unpaired) electrons. The number of carbonyl (C=O) groups is 4. The molecule has 222 valence electrons. The molecule has 41 heavy (non-hydrogen) atoms. The number of hydrogen-bond donors (Lipinski definition) is 2. The van der Waals surface area contributed by atoms with Crippen LogP contribution in [0.25, 0.3) is 0 Å². The van der Waals surface area contributed by atoms with E-state index >= 15 is 0 Å². The molecule has 1 aliphatic heterocycles. The first-order valence-electron chi connectivity index (χ1n) is 12.8. The second kappa shape index (κ2) is 13.0. The Kier molecular flexibility index (Phi) is 9.95. The van der Waals surface area contributed by atoms with Gasteiger partial charge in [-0.25, -0.2) is 13.6 Å². The summed E-state index contributed by atoms with van der Waals surface area (Å²) in [6.07, 6.45) is -1.10. The summed E-state index contributed by atoms with van der Waals surface area (Å²) >= 11 is 0. The van der Waals surface area contributed by atoms with Gasteiger partial charge in [-0.3, -0.25) is 14.4 Å². The largest absolute Gasteiger partial charge is 0.481 e. The van der Waals surface area contributed by atoms with Gasteiger partial charge in [-0.15, -0.1) is 0 Å². The predicted octanol–water partition coefficient (Wildman–Crippen LogP) is 4.36. The van der Waals surface area contributed by atoms with E-state index in [1.807, 2.05) is 32.9 Å². The minimum atomic E-state index is -1.87. The molecule has 3 rings (SSSR count). The number of carboxylic acid groups (broad SMARTS) is 1. The maximum atomic E-state index is 13.8. The molecule has 0 unspecified atom stereocenters. The van der Waals surface area contributed by atoms with Gasteiger partial charge in [-0.2, -0.15) is 8.78 Å². The van der Waals surface area contributed by atoms with Crippen LogP contribution in [0.2, 0.25) is 0 Å². The Morgan fingerprint density at radius 3 is 2.17 bits per heavy atom. The van der Waals surface area contributed by atoms with Gasteiger partial charge in [0.2, 0.25) is 17.5 Å². The van der Waals surface area contributed by atoms with Crippen molar-refractivity contribution in [3.63, 3.8) is 0 Å². The summed E-state index contributed by atoms with van der Waals surface area (Å²) < 4.78 is 64.6. The number of likely N-dealkylation sites (tertiary alicyclic amines) is 1. The van der Waals surface area contributed by atoms with Crippen molar-refractivity contribution in [1.82, 2.24) is 10.2 Å². The van der Waals surface area contributed by atoms with Gasteiger partial charge in [0.15, 0.2) is 23.2 Å². The molecule has 2 aromatic rings. The fourth-order valence-corrected chi connectivity index (χ4v) is 4.29. The van der Waals surface area contributed by atoms with Gasteiger partial charge in [-0.05, 0) is 24.3 Å². The first-order valence-corrected chi connectivity index (χ1v) is 12.8. The van der Waals surface area contributed by atoms with Crippen LogP contribution >= 0.6 is 0 Å². The van der Waals surface area contributed by atoms with Gasteiger partial charge in [0.25, 0.3) is 0 Å². The number of halogens is 4. The molecule has 1 saturated heterocycles. The van der Waals surface area contributed by atoms with E-state index in [2.05, 4.69) is 10.1 Å². The van der Waals surface area contributed by atoms with Gasteiger partial charge < -0.3 is 24.8 Å². The fourth-order valence-electron chi connectivity index (χ4n) is 4.29.